The third kappa shape index (κ3) is 4.55. The van der Waals surface area contributed by atoms with E-state index < -0.39 is 0 Å². The topological polar surface area (TPSA) is 34.1 Å². The first-order valence-electron chi connectivity index (χ1n) is 7.40. The lowest BCUT2D eigenvalue weighted by Crippen LogP contribution is -2.28. The Balaban J connectivity index is 2.70. The van der Waals surface area contributed by atoms with Gasteiger partial charge in [-0.1, -0.05) is 27.7 Å². The van der Waals surface area contributed by atoms with Crippen LogP contribution in [0.2, 0.25) is 0 Å². The van der Waals surface area contributed by atoms with Gasteiger partial charge in [-0.05, 0) is 19.8 Å². The zero-order valence-electron chi connectivity index (χ0n) is 13.0. The molecule has 1 rings (SSSR count). The SMILES string of the molecule is CCOC(CC)(CC)c1nc(CCNC(C)C)cs1. The van der Waals surface area contributed by atoms with Crippen LogP contribution in [0.1, 0.15) is 58.2 Å². The third-order valence-electron chi connectivity index (χ3n) is 3.44. The van der Waals surface area contributed by atoms with Gasteiger partial charge in [0.2, 0.25) is 0 Å². The molecule has 1 aromatic rings. The van der Waals surface area contributed by atoms with E-state index in [1.54, 1.807) is 11.3 Å². The fourth-order valence-corrected chi connectivity index (χ4v) is 3.37. The number of hydrogen-bond acceptors (Lipinski definition) is 4. The van der Waals surface area contributed by atoms with Crippen molar-refractivity contribution < 1.29 is 4.74 Å². The van der Waals surface area contributed by atoms with Gasteiger partial charge in [0.15, 0.2) is 0 Å². The number of thiazole rings is 1. The summed E-state index contributed by atoms with van der Waals surface area (Å²) in [6.45, 7) is 12.5. The van der Waals surface area contributed by atoms with Crippen LogP contribution in [-0.4, -0.2) is 24.2 Å². The van der Waals surface area contributed by atoms with E-state index in [0.29, 0.717) is 6.04 Å². The van der Waals surface area contributed by atoms with Gasteiger partial charge in [0.1, 0.15) is 10.6 Å². The van der Waals surface area contributed by atoms with Gasteiger partial charge in [-0.3, -0.25) is 0 Å². The Morgan fingerprint density at radius 2 is 2.00 bits per heavy atom. The molecule has 3 nitrogen and oxygen atoms in total. The molecule has 1 aromatic heterocycles. The van der Waals surface area contributed by atoms with Gasteiger partial charge in [-0.2, -0.15) is 0 Å². The summed E-state index contributed by atoms with van der Waals surface area (Å²) in [5.41, 5.74) is 1.00. The molecular formula is C15H28N2OS. The summed E-state index contributed by atoms with van der Waals surface area (Å²) < 4.78 is 6.00. The minimum atomic E-state index is -0.177. The second kappa shape index (κ2) is 7.98. The highest BCUT2D eigenvalue weighted by Crippen LogP contribution is 2.35. The van der Waals surface area contributed by atoms with E-state index in [-0.39, 0.29) is 5.60 Å². The van der Waals surface area contributed by atoms with E-state index in [4.69, 9.17) is 9.72 Å². The van der Waals surface area contributed by atoms with Crippen LogP contribution in [0.15, 0.2) is 5.38 Å². The lowest BCUT2D eigenvalue weighted by atomic mass is 9.98. The second-order valence-electron chi connectivity index (χ2n) is 5.14. The van der Waals surface area contributed by atoms with Crippen molar-refractivity contribution in [2.24, 2.45) is 0 Å². The zero-order chi connectivity index (χ0) is 14.3. The smallest absolute Gasteiger partial charge is 0.125 e. The number of rotatable bonds is 9. The van der Waals surface area contributed by atoms with Crippen molar-refractivity contribution in [2.75, 3.05) is 13.2 Å². The molecule has 0 aliphatic carbocycles. The normalized spacial score (nSPS) is 12.3. The van der Waals surface area contributed by atoms with Gasteiger partial charge < -0.3 is 10.1 Å². The molecule has 1 N–H and O–H groups in total. The molecule has 110 valence electrons. The minimum absolute atomic E-state index is 0.177. The van der Waals surface area contributed by atoms with Gasteiger partial charge in [0.25, 0.3) is 0 Å². The summed E-state index contributed by atoms with van der Waals surface area (Å²) in [4.78, 5) is 4.79. The summed E-state index contributed by atoms with van der Waals surface area (Å²) >= 11 is 1.74. The van der Waals surface area contributed by atoms with Crippen LogP contribution in [-0.2, 0) is 16.8 Å². The third-order valence-corrected chi connectivity index (χ3v) is 4.51. The highest BCUT2D eigenvalue weighted by Gasteiger charge is 2.32. The van der Waals surface area contributed by atoms with Crippen LogP contribution in [0.25, 0.3) is 0 Å². The Kier molecular flexibility index (Phi) is 6.97. The summed E-state index contributed by atoms with van der Waals surface area (Å²) in [7, 11) is 0. The molecule has 1 heterocycles. The fraction of sp³-hybridized carbons (Fsp3) is 0.800. The summed E-state index contributed by atoms with van der Waals surface area (Å²) in [5.74, 6) is 0. The molecule has 0 amide bonds. The van der Waals surface area contributed by atoms with Crippen LogP contribution in [0, 0.1) is 0 Å². The molecule has 0 aliphatic rings. The van der Waals surface area contributed by atoms with Crippen molar-refractivity contribution >= 4 is 11.3 Å². The molecule has 0 unspecified atom stereocenters. The van der Waals surface area contributed by atoms with E-state index in [1.807, 2.05) is 0 Å². The fourth-order valence-electron chi connectivity index (χ4n) is 2.21. The minimum Gasteiger partial charge on any atom is -0.368 e. The van der Waals surface area contributed by atoms with E-state index in [1.165, 1.54) is 5.69 Å². The standard InChI is InChI=1S/C15H28N2OS/c1-6-15(7-2,18-8-3)14-17-13(11-19-14)9-10-16-12(4)5/h11-12,16H,6-10H2,1-5H3. The lowest BCUT2D eigenvalue weighted by molar-refractivity contribution is -0.0507. The Labute approximate surface area is 121 Å². The van der Waals surface area contributed by atoms with E-state index in [9.17, 15) is 0 Å². The first-order chi connectivity index (χ1) is 9.07. The first-order valence-corrected chi connectivity index (χ1v) is 8.28. The summed E-state index contributed by atoms with van der Waals surface area (Å²) in [5, 5.41) is 6.74. The van der Waals surface area contributed by atoms with Crippen molar-refractivity contribution in [3.63, 3.8) is 0 Å². The van der Waals surface area contributed by atoms with E-state index in [0.717, 1.165) is 37.4 Å². The average Bonchev–Trinajstić information content (AvgIpc) is 2.85. The van der Waals surface area contributed by atoms with Crippen LogP contribution in [0.3, 0.4) is 0 Å². The number of nitrogens with zero attached hydrogens (tertiary/aromatic N) is 1. The zero-order valence-corrected chi connectivity index (χ0v) is 13.8. The quantitative estimate of drug-likeness (QED) is 0.750. The molecule has 0 atom stereocenters. The van der Waals surface area contributed by atoms with Crippen molar-refractivity contribution in [3.05, 3.63) is 16.1 Å². The van der Waals surface area contributed by atoms with Crippen LogP contribution in [0.5, 0.6) is 0 Å². The molecule has 0 spiro atoms. The summed E-state index contributed by atoms with van der Waals surface area (Å²) in [6, 6.07) is 0.534. The number of hydrogen-bond donors (Lipinski definition) is 1. The predicted molar refractivity (Wildman–Crippen MR) is 82.8 cm³/mol. The Bertz CT molecular complexity index is 359. The molecule has 0 radical (unpaired) electrons. The maximum absolute atomic E-state index is 6.00. The van der Waals surface area contributed by atoms with Gasteiger partial charge in [-0.25, -0.2) is 4.98 Å². The van der Waals surface area contributed by atoms with Gasteiger partial charge in [-0.15, -0.1) is 11.3 Å². The average molecular weight is 284 g/mol. The maximum Gasteiger partial charge on any atom is 0.125 e. The molecular weight excluding hydrogens is 256 g/mol. The Morgan fingerprint density at radius 1 is 1.32 bits per heavy atom. The molecule has 0 fully saturated rings. The molecule has 0 aliphatic heterocycles. The monoisotopic (exact) mass is 284 g/mol. The van der Waals surface area contributed by atoms with E-state index in [2.05, 4.69) is 45.3 Å². The maximum atomic E-state index is 6.00. The molecule has 0 bridgehead atoms. The van der Waals surface area contributed by atoms with Crippen LogP contribution >= 0.6 is 11.3 Å². The molecule has 4 heteroatoms. The molecule has 0 saturated carbocycles. The van der Waals surface area contributed by atoms with Gasteiger partial charge >= 0.3 is 0 Å². The Hall–Kier alpha value is -0.450. The number of aromatic nitrogens is 1. The lowest BCUT2D eigenvalue weighted by Gasteiger charge is -2.29. The highest BCUT2D eigenvalue weighted by molar-refractivity contribution is 7.09. The van der Waals surface area contributed by atoms with E-state index >= 15 is 0 Å². The second-order valence-corrected chi connectivity index (χ2v) is 6.00. The molecule has 0 aromatic carbocycles. The Morgan fingerprint density at radius 3 is 2.53 bits per heavy atom. The van der Waals surface area contributed by atoms with Gasteiger partial charge in [0.05, 0.1) is 5.69 Å². The number of ether oxygens (including phenoxy) is 1. The summed E-state index contributed by atoms with van der Waals surface area (Å²) in [6.07, 6.45) is 2.95. The molecule has 0 saturated heterocycles. The van der Waals surface area contributed by atoms with Crippen molar-refractivity contribution in [3.8, 4) is 0 Å². The van der Waals surface area contributed by atoms with Crippen molar-refractivity contribution in [1.29, 1.82) is 0 Å². The number of nitrogens with one attached hydrogen (secondary N) is 1. The first kappa shape index (κ1) is 16.6. The van der Waals surface area contributed by atoms with Crippen molar-refractivity contribution in [1.82, 2.24) is 10.3 Å². The van der Waals surface area contributed by atoms with Gasteiger partial charge in [0, 0.05) is 31.0 Å². The van der Waals surface area contributed by atoms with Crippen molar-refractivity contribution in [2.45, 2.75) is 65.5 Å². The predicted octanol–water partition coefficient (Wildman–Crippen LogP) is 3.74. The largest absolute Gasteiger partial charge is 0.368 e. The highest BCUT2D eigenvalue weighted by atomic mass is 32.1. The van der Waals surface area contributed by atoms with Crippen LogP contribution in [0.4, 0.5) is 0 Å². The molecule has 19 heavy (non-hydrogen) atoms. The van der Waals surface area contributed by atoms with Crippen LogP contribution < -0.4 is 5.32 Å².